The Balaban J connectivity index is 2.35. The van der Waals surface area contributed by atoms with Gasteiger partial charge in [-0.15, -0.1) is 7.92 Å². The van der Waals surface area contributed by atoms with Crippen molar-refractivity contribution in [3.63, 3.8) is 0 Å². The molecule has 1 heteroatoms. The van der Waals surface area contributed by atoms with Crippen LogP contribution in [0.2, 0.25) is 0 Å². The van der Waals surface area contributed by atoms with E-state index in [9.17, 15) is 0 Å². The molecule has 2 atom stereocenters. The highest BCUT2D eigenvalue weighted by molar-refractivity contribution is 7.59. The molecule has 0 aromatic carbocycles. The molecule has 0 bridgehead atoms. The lowest BCUT2D eigenvalue weighted by Crippen LogP contribution is -2.08. The fraction of sp³-hybridized carbons (Fsp3) is 1.00. The van der Waals surface area contributed by atoms with Crippen LogP contribution in [0.15, 0.2) is 0 Å². The van der Waals surface area contributed by atoms with Crippen molar-refractivity contribution in [3.8, 4) is 0 Å². The molecule has 0 saturated carbocycles. The lowest BCUT2D eigenvalue weighted by Gasteiger charge is -2.26. The minimum atomic E-state index is 0.370. The van der Waals surface area contributed by atoms with Gasteiger partial charge in [-0.05, 0) is 49.6 Å². The van der Waals surface area contributed by atoms with Crippen molar-refractivity contribution in [1.29, 1.82) is 0 Å². The van der Waals surface area contributed by atoms with E-state index in [1.165, 1.54) is 77.0 Å². The summed E-state index contributed by atoms with van der Waals surface area (Å²) in [5.41, 5.74) is 2.30. The van der Waals surface area contributed by atoms with Gasteiger partial charge >= 0.3 is 0 Å². The molecular weight excluding hydrogens is 295 g/mol. The van der Waals surface area contributed by atoms with Crippen molar-refractivity contribution < 1.29 is 0 Å². The first-order chi connectivity index (χ1) is 11.3. The summed E-state index contributed by atoms with van der Waals surface area (Å²) in [6.07, 6.45) is 25.6. The molecule has 2 unspecified atom stereocenters. The number of rotatable bonds is 15. The van der Waals surface area contributed by atoms with Gasteiger partial charge in [0.2, 0.25) is 0 Å². The topological polar surface area (TPSA) is 0 Å². The van der Waals surface area contributed by atoms with Crippen molar-refractivity contribution in [2.24, 2.45) is 0 Å². The molecule has 0 nitrogen and oxygen atoms in total. The first kappa shape index (κ1) is 21.5. The molecule has 138 valence electrons. The molecule has 0 radical (unpaired) electrons. The van der Waals surface area contributed by atoms with Crippen LogP contribution in [-0.4, -0.2) is 17.5 Å². The Morgan fingerprint density at radius 2 is 1.00 bits per heavy atom. The van der Waals surface area contributed by atoms with E-state index in [2.05, 4.69) is 20.8 Å². The van der Waals surface area contributed by atoms with Gasteiger partial charge in [0.25, 0.3) is 0 Å². The van der Waals surface area contributed by atoms with E-state index in [-0.39, 0.29) is 0 Å². The highest BCUT2D eigenvalue weighted by Gasteiger charge is 2.33. The third kappa shape index (κ3) is 9.48. The second kappa shape index (κ2) is 14.7. The second-order valence-corrected chi connectivity index (χ2v) is 10.8. The highest BCUT2D eigenvalue weighted by atomic mass is 31.1. The Kier molecular flexibility index (Phi) is 13.8. The number of hydrogen-bond acceptors (Lipinski definition) is 0. The van der Waals surface area contributed by atoms with Crippen LogP contribution >= 0.6 is 7.92 Å². The molecule has 0 N–H and O–H groups in total. The van der Waals surface area contributed by atoms with E-state index in [1.54, 1.807) is 31.8 Å². The predicted molar refractivity (Wildman–Crippen MR) is 110 cm³/mol. The molecule has 1 saturated heterocycles. The molecule has 23 heavy (non-hydrogen) atoms. The standard InChI is InChI=1S/C22H45P/c1-4-7-10-13-16-21-18-19-22(17-14-11-8-5-2)23(21)20-15-12-9-6-3/h21-22H,4-20H2,1-3H3. The first-order valence-corrected chi connectivity index (χ1v) is 12.8. The van der Waals surface area contributed by atoms with E-state index < -0.39 is 0 Å². The van der Waals surface area contributed by atoms with Gasteiger partial charge < -0.3 is 0 Å². The average Bonchev–Trinajstić information content (AvgIpc) is 2.94. The summed E-state index contributed by atoms with van der Waals surface area (Å²) < 4.78 is 0. The van der Waals surface area contributed by atoms with Crippen LogP contribution in [0.4, 0.5) is 0 Å². The van der Waals surface area contributed by atoms with Crippen molar-refractivity contribution in [1.82, 2.24) is 0 Å². The molecule has 1 rings (SSSR count). The van der Waals surface area contributed by atoms with Gasteiger partial charge in [-0.3, -0.25) is 0 Å². The van der Waals surface area contributed by atoms with Gasteiger partial charge in [0.15, 0.2) is 0 Å². The Labute approximate surface area is 149 Å². The summed E-state index contributed by atoms with van der Waals surface area (Å²) in [6, 6.07) is 0. The zero-order valence-corrected chi connectivity index (χ0v) is 17.5. The summed E-state index contributed by atoms with van der Waals surface area (Å²) in [6.45, 7) is 7.01. The first-order valence-electron chi connectivity index (χ1n) is 11.1. The summed E-state index contributed by atoms with van der Waals surface area (Å²) in [7, 11) is 0.370. The minimum Gasteiger partial charge on any atom is -0.100 e. The third-order valence-corrected chi connectivity index (χ3v) is 9.56. The summed E-state index contributed by atoms with van der Waals surface area (Å²) in [4.78, 5) is 0. The summed E-state index contributed by atoms with van der Waals surface area (Å²) in [5, 5.41) is 0. The Morgan fingerprint density at radius 1 is 0.565 bits per heavy atom. The van der Waals surface area contributed by atoms with Crippen LogP contribution in [0.1, 0.15) is 124 Å². The SMILES string of the molecule is CCCCCCC1CCC(CCCCCC)P1CCCCCC. The Hall–Kier alpha value is 0.430. The van der Waals surface area contributed by atoms with E-state index in [0.29, 0.717) is 7.92 Å². The summed E-state index contributed by atoms with van der Waals surface area (Å²) in [5.74, 6) is 0. The van der Waals surface area contributed by atoms with E-state index in [4.69, 9.17) is 0 Å². The summed E-state index contributed by atoms with van der Waals surface area (Å²) >= 11 is 0. The molecule has 0 spiro atoms. The van der Waals surface area contributed by atoms with Crippen LogP contribution in [0.5, 0.6) is 0 Å². The molecule has 0 aromatic rings. The van der Waals surface area contributed by atoms with E-state index in [0.717, 1.165) is 11.3 Å². The van der Waals surface area contributed by atoms with Crippen LogP contribution < -0.4 is 0 Å². The molecule has 0 aliphatic carbocycles. The van der Waals surface area contributed by atoms with Crippen molar-refractivity contribution in [2.45, 2.75) is 135 Å². The molecule has 1 fully saturated rings. The number of unbranched alkanes of at least 4 members (excludes halogenated alkanes) is 9. The quantitative estimate of drug-likeness (QED) is 0.207. The lowest BCUT2D eigenvalue weighted by molar-refractivity contribution is 0.580. The van der Waals surface area contributed by atoms with Crippen LogP contribution in [0.25, 0.3) is 0 Å². The van der Waals surface area contributed by atoms with Crippen LogP contribution in [0.3, 0.4) is 0 Å². The van der Waals surface area contributed by atoms with E-state index >= 15 is 0 Å². The van der Waals surface area contributed by atoms with Gasteiger partial charge in [-0.2, -0.15) is 0 Å². The minimum absolute atomic E-state index is 0.370. The fourth-order valence-corrected chi connectivity index (χ4v) is 8.24. The van der Waals surface area contributed by atoms with Crippen LogP contribution in [-0.2, 0) is 0 Å². The van der Waals surface area contributed by atoms with Gasteiger partial charge in [0.1, 0.15) is 0 Å². The maximum atomic E-state index is 2.34. The van der Waals surface area contributed by atoms with Crippen molar-refractivity contribution in [3.05, 3.63) is 0 Å². The molecule has 1 heterocycles. The molecule has 0 amide bonds. The number of hydrogen-bond donors (Lipinski definition) is 0. The molecule has 1 aliphatic heterocycles. The maximum Gasteiger partial charge on any atom is -0.0206 e. The van der Waals surface area contributed by atoms with E-state index in [1.807, 2.05) is 0 Å². The van der Waals surface area contributed by atoms with Crippen molar-refractivity contribution in [2.75, 3.05) is 6.16 Å². The molecule has 1 aliphatic rings. The van der Waals surface area contributed by atoms with Gasteiger partial charge in [-0.25, -0.2) is 0 Å². The van der Waals surface area contributed by atoms with Gasteiger partial charge in [0, 0.05) is 0 Å². The smallest absolute Gasteiger partial charge is 0.0206 e. The lowest BCUT2D eigenvalue weighted by atomic mass is 10.0. The Bertz CT molecular complexity index is 230. The Morgan fingerprint density at radius 3 is 1.43 bits per heavy atom. The normalized spacial score (nSPS) is 24.4. The predicted octanol–water partition coefficient (Wildman–Crippen LogP) is 8.52. The van der Waals surface area contributed by atoms with Gasteiger partial charge in [-0.1, -0.05) is 91.4 Å². The van der Waals surface area contributed by atoms with Crippen molar-refractivity contribution >= 4 is 7.92 Å². The third-order valence-electron chi connectivity index (χ3n) is 5.82. The zero-order valence-electron chi connectivity index (χ0n) is 16.6. The molecular formula is C22H45P. The fourth-order valence-electron chi connectivity index (χ4n) is 4.33. The molecule has 0 aromatic heterocycles. The highest BCUT2D eigenvalue weighted by Crippen LogP contribution is 2.59. The second-order valence-electron chi connectivity index (χ2n) is 7.88. The zero-order chi connectivity index (χ0) is 16.8. The largest absolute Gasteiger partial charge is 0.100 e. The maximum absolute atomic E-state index is 2.34. The van der Waals surface area contributed by atoms with Gasteiger partial charge in [0.05, 0.1) is 0 Å². The van der Waals surface area contributed by atoms with Crippen LogP contribution in [0, 0.1) is 0 Å². The average molecular weight is 341 g/mol. The monoisotopic (exact) mass is 340 g/mol.